The summed E-state index contributed by atoms with van der Waals surface area (Å²) in [5.74, 6) is 0.0525. The lowest BCUT2D eigenvalue weighted by molar-refractivity contribution is 0.0540. The fraction of sp³-hybridized carbons (Fsp3) is 0.412. The molecule has 2 amide bonds. The molecule has 0 radical (unpaired) electrons. The van der Waals surface area contributed by atoms with Crippen LogP contribution in [0.4, 0.5) is 10.5 Å². The van der Waals surface area contributed by atoms with E-state index in [1.165, 1.54) is 12.0 Å². The summed E-state index contributed by atoms with van der Waals surface area (Å²) < 4.78 is 5.77. The van der Waals surface area contributed by atoms with E-state index in [0.717, 1.165) is 74.5 Å². The van der Waals surface area contributed by atoms with Crippen LogP contribution in [0.15, 0.2) is 78.9 Å². The lowest BCUT2D eigenvalue weighted by Crippen LogP contribution is -2.43. The molecule has 3 aromatic carbocycles. The van der Waals surface area contributed by atoms with Gasteiger partial charge in [0.15, 0.2) is 0 Å². The Morgan fingerprint density at radius 1 is 0.976 bits per heavy atom. The Balaban J connectivity index is 0.916. The van der Waals surface area contributed by atoms with E-state index in [1.807, 2.05) is 73.8 Å². The zero-order valence-electron chi connectivity index (χ0n) is 24.4. The first-order chi connectivity index (χ1) is 20.5. The molecular weight excluding hydrogens is 526 g/mol. The predicted molar refractivity (Wildman–Crippen MR) is 165 cm³/mol. The third-order valence-electron chi connectivity index (χ3n) is 8.91. The Labute approximate surface area is 248 Å². The minimum Gasteiger partial charge on any atom is -0.446 e. The van der Waals surface area contributed by atoms with Gasteiger partial charge in [0.2, 0.25) is 0 Å². The molecule has 0 spiro atoms. The van der Waals surface area contributed by atoms with Gasteiger partial charge >= 0.3 is 6.09 Å². The van der Waals surface area contributed by atoms with Crippen molar-refractivity contribution >= 4 is 17.7 Å². The number of nitrogens with zero attached hydrogens (tertiary/aromatic N) is 3. The maximum absolute atomic E-state index is 13.0. The minimum absolute atomic E-state index is 0.0525. The largest absolute Gasteiger partial charge is 0.446 e. The van der Waals surface area contributed by atoms with Crippen LogP contribution in [0, 0.1) is 0 Å². The van der Waals surface area contributed by atoms with Gasteiger partial charge in [0.05, 0.1) is 5.69 Å². The maximum atomic E-state index is 13.0. The van der Waals surface area contributed by atoms with Crippen molar-refractivity contribution in [2.45, 2.75) is 44.0 Å². The highest BCUT2D eigenvalue weighted by atomic mass is 16.6. The third-order valence-corrected chi connectivity index (χ3v) is 8.91. The number of hydrogen-bond acceptors (Lipinski definition) is 6. The molecule has 2 unspecified atom stereocenters. The molecule has 0 saturated carbocycles. The van der Waals surface area contributed by atoms with E-state index in [-0.39, 0.29) is 12.0 Å². The molecule has 2 N–H and O–H groups in total. The van der Waals surface area contributed by atoms with Gasteiger partial charge in [-0.05, 0) is 48.6 Å². The van der Waals surface area contributed by atoms with Crippen molar-refractivity contribution in [1.82, 2.24) is 20.0 Å². The second-order valence-corrected chi connectivity index (χ2v) is 11.8. The van der Waals surface area contributed by atoms with Gasteiger partial charge < -0.3 is 19.9 Å². The number of hydrogen-bond donors (Lipinski definition) is 2. The van der Waals surface area contributed by atoms with Crippen LogP contribution in [0.25, 0.3) is 11.1 Å². The maximum Gasteiger partial charge on any atom is 0.411 e. The summed E-state index contributed by atoms with van der Waals surface area (Å²) in [6.45, 7) is 6.30. The molecule has 220 valence electrons. The van der Waals surface area contributed by atoms with Crippen LogP contribution in [0.2, 0.25) is 0 Å². The summed E-state index contributed by atoms with van der Waals surface area (Å²) in [7, 11) is 1.87. The van der Waals surface area contributed by atoms with Gasteiger partial charge in [0, 0.05) is 76.1 Å². The number of benzene rings is 3. The Bertz CT molecular complexity index is 1360. The lowest BCUT2D eigenvalue weighted by Gasteiger charge is -2.32. The van der Waals surface area contributed by atoms with Gasteiger partial charge in [0.25, 0.3) is 5.91 Å². The molecule has 3 fully saturated rings. The van der Waals surface area contributed by atoms with Crippen molar-refractivity contribution in [3.8, 4) is 11.1 Å². The number of fused-ring (bicyclic) bond motifs is 2. The van der Waals surface area contributed by atoms with Crippen molar-refractivity contribution in [3.63, 3.8) is 0 Å². The van der Waals surface area contributed by atoms with Gasteiger partial charge in [-0.2, -0.15) is 0 Å². The molecule has 3 aliphatic rings. The zero-order valence-corrected chi connectivity index (χ0v) is 24.4. The smallest absolute Gasteiger partial charge is 0.411 e. The van der Waals surface area contributed by atoms with Crippen molar-refractivity contribution in [1.29, 1.82) is 0 Å². The fourth-order valence-electron chi connectivity index (χ4n) is 6.44. The molecule has 42 heavy (non-hydrogen) atoms. The first-order valence-corrected chi connectivity index (χ1v) is 15.2. The van der Waals surface area contributed by atoms with Crippen LogP contribution in [0.5, 0.6) is 0 Å². The number of carbonyl (C=O) groups is 2. The summed E-state index contributed by atoms with van der Waals surface area (Å²) in [4.78, 5) is 32.4. The number of rotatable bonds is 9. The molecule has 3 saturated heterocycles. The summed E-state index contributed by atoms with van der Waals surface area (Å²) in [6, 6.07) is 27.2. The number of carbonyl (C=O) groups excluding carboxylic acids is 2. The highest BCUT2D eigenvalue weighted by Gasteiger charge is 2.37. The number of piperazine rings is 1. The predicted octanol–water partition coefficient (Wildman–Crippen LogP) is 4.68. The van der Waals surface area contributed by atoms with Crippen molar-refractivity contribution in [2.24, 2.45) is 0 Å². The van der Waals surface area contributed by atoms with E-state index >= 15 is 0 Å². The lowest BCUT2D eigenvalue weighted by atomic mass is 10.0. The Kier molecular flexibility index (Phi) is 8.84. The SMILES string of the molecule is CN(CCN1CCC(OC(=O)Nc2ccccc2-c2ccccc2)CC1)C(=O)c1ccc(CN2CC3CC2CN3)cc1. The van der Waals surface area contributed by atoms with E-state index < -0.39 is 6.09 Å². The summed E-state index contributed by atoms with van der Waals surface area (Å²) in [5, 5.41) is 6.49. The molecule has 6 rings (SSSR count). The number of likely N-dealkylation sites (tertiary alicyclic amines) is 2. The standard InChI is InChI=1S/C34H41N5O3/c1-37(33(40)27-13-11-25(12-14-27)23-39-24-28-21-29(39)22-35-28)19-20-38-17-15-30(16-18-38)42-34(41)36-32-10-6-5-9-31(32)26-7-3-2-4-8-26/h2-14,28-30,35H,15-24H2,1H3,(H,36,41). The molecular formula is C34H41N5O3. The van der Waals surface area contributed by atoms with E-state index in [0.29, 0.717) is 18.6 Å². The number of para-hydroxylation sites is 1. The Morgan fingerprint density at radius 2 is 1.71 bits per heavy atom. The molecule has 8 heteroatoms. The van der Waals surface area contributed by atoms with Gasteiger partial charge in [-0.15, -0.1) is 0 Å². The van der Waals surface area contributed by atoms with Crippen LogP contribution in [0.1, 0.15) is 35.2 Å². The second-order valence-electron chi connectivity index (χ2n) is 11.8. The molecule has 3 aromatic rings. The number of amides is 2. The van der Waals surface area contributed by atoms with Crippen LogP contribution in [-0.2, 0) is 11.3 Å². The van der Waals surface area contributed by atoms with Crippen LogP contribution >= 0.6 is 0 Å². The molecule has 0 aromatic heterocycles. The number of piperidine rings is 1. The molecule has 3 aliphatic heterocycles. The van der Waals surface area contributed by atoms with E-state index in [4.69, 9.17) is 4.74 Å². The first-order valence-electron chi connectivity index (χ1n) is 15.2. The average Bonchev–Trinajstić information content (AvgIpc) is 3.65. The molecule has 2 bridgehead atoms. The number of ether oxygens (including phenoxy) is 1. The first kappa shape index (κ1) is 28.4. The van der Waals surface area contributed by atoms with Gasteiger partial charge in [-0.1, -0.05) is 60.7 Å². The van der Waals surface area contributed by atoms with Gasteiger partial charge in [-0.25, -0.2) is 4.79 Å². The Hall–Kier alpha value is -3.72. The third kappa shape index (κ3) is 6.84. The summed E-state index contributed by atoms with van der Waals surface area (Å²) in [5.41, 5.74) is 4.75. The van der Waals surface area contributed by atoms with Crippen LogP contribution < -0.4 is 10.6 Å². The van der Waals surface area contributed by atoms with Gasteiger partial charge in [0.1, 0.15) is 6.10 Å². The minimum atomic E-state index is -0.419. The van der Waals surface area contributed by atoms with E-state index in [9.17, 15) is 9.59 Å². The monoisotopic (exact) mass is 567 g/mol. The van der Waals surface area contributed by atoms with Crippen molar-refractivity contribution in [2.75, 3.05) is 51.6 Å². The number of likely N-dealkylation sites (N-methyl/N-ethyl adjacent to an activating group) is 1. The van der Waals surface area contributed by atoms with E-state index in [2.05, 4.69) is 32.6 Å². The summed E-state index contributed by atoms with van der Waals surface area (Å²) >= 11 is 0. The molecule has 8 nitrogen and oxygen atoms in total. The normalized spacial score (nSPS) is 20.9. The zero-order chi connectivity index (χ0) is 28.9. The van der Waals surface area contributed by atoms with Crippen molar-refractivity contribution in [3.05, 3.63) is 90.0 Å². The quantitative estimate of drug-likeness (QED) is 0.391. The van der Waals surface area contributed by atoms with E-state index in [1.54, 1.807) is 4.90 Å². The molecule has 2 atom stereocenters. The van der Waals surface area contributed by atoms with Crippen molar-refractivity contribution < 1.29 is 14.3 Å². The van der Waals surface area contributed by atoms with Crippen LogP contribution in [-0.4, -0.2) is 91.2 Å². The van der Waals surface area contributed by atoms with Gasteiger partial charge in [-0.3, -0.25) is 15.0 Å². The topological polar surface area (TPSA) is 77.2 Å². The molecule has 3 heterocycles. The number of nitrogens with one attached hydrogen (secondary N) is 2. The average molecular weight is 568 g/mol. The summed E-state index contributed by atoms with van der Waals surface area (Å²) in [6.07, 6.45) is 2.28. The highest BCUT2D eigenvalue weighted by molar-refractivity contribution is 5.94. The fourth-order valence-corrected chi connectivity index (χ4v) is 6.44. The highest BCUT2D eigenvalue weighted by Crippen LogP contribution is 2.28. The molecule has 0 aliphatic carbocycles. The Morgan fingerprint density at radius 3 is 2.43 bits per heavy atom. The van der Waals surface area contributed by atoms with Crippen LogP contribution in [0.3, 0.4) is 0 Å². The number of anilines is 1. The second kappa shape index (κ2) is 13.1.